The first-order chi connectivity index (χ1) is 14.6. The van der Waals surface area contributed by atoms with Gasteiger partial charge in [0, 0.05) is 17.7 Å². The Morgan fingerprint density at radius 3 is 2.40 bits per heavy atom. The number of anilines is 1. The topological polar surface area (TPSA) is 79.8 Å². The van der Waals surface area contributed by atoms with Crippen molar-refractivity contribution in [3.63, 3.8) is 0 Å². The van der Waals surface area contributed by atoms with Crippen LogP contribution in [0.2, 0.25) is 0 Å². The van der Waals surface area contributed by atoms with E-state index in [4.69, 9.17) is 4.74 Å². The smallest absolute Gasteiger partial charge is 0.271 e. The van der Waals surface area contributed by atoms with Crippen LogP contribution < -0.4 is 15.5 Å². The number of carbonyl (C=O) groups is 2. The van der Waals surface area contributed by atoms with Crippen molar-refractivity contribution >= 4 is 23.7 Å². The zero-order valence-corrected chi connectivity index (χ0v) is 16.7. The SMILES string of the molecule is CCCC(=O)Nc1ccc(C(=O)N/N=C/c2cccc(Oc3ccccc3)c2)cc1. The van der Waals surface area contributed by atoms with E-state index in [0.717, 1.165) is 17.7 Å². The van der Waals surface area contributed by atoms with E-state index in [1.54, 1.807) is 30.5 Å². The number of hydrazone groups is 1. The molecule has 2 amide bonds. The summed E-state index contributed by atoms with van der Waals surface area (Å²) in [6.45, 7) is 1.94. The first kappa shape index (κ1) is 20.8. The maximum atomic E-state index is 12.2. The van der Waals surface area contributed by atoms with Crippen molar-refractivity contribution in [3.05, 3.63) is 90.0 Å². The minimum atomic E-state index is -0.339. The quantitative estimate of drug-likeness (QED) is 0.413. The molecule has 0 spiro atoms. The summed E-state index contributed by atoms with van der Waals surface area (Å²) in [5, 5.41) is 6.80. The van der Waals surface area contributed by atoms with E-state index in [-0.39, 0.29) is 11.8 Å². The molecular formula is C24H23N3O3. The number of benzene rings is 3. The Morgan fingerprint density at radius 1 is 0.933 bits per heavy atom. The lowest BCUT2D eigenvalue weighted by molar-refractivity contribution is -0.116. The second-order valence-electron chi connectivity index (χ2n) is 6.56. The standard InChI is InChI=1S/C24H23N3O3/c1-2-7-23(28)26-20-14-12-19(13-15-20)24(29)27-25-17-18-8-6-11-22(16-18)30-21-9-4-3-5-10-21/h3-6,8-17H,2,7H2,1H3,(H,26,28)(H,27,29)/b25-17+. The van der Waals surface area contributed by atoms with Gasteiger partial charge in [0.05, 0.1) is 6.21 Å². The molecule has 0 unspecified atom stereocenters. The predicted molar refractivity (Wildman–Crippen MR) is 118 cm³/mol. The second kappa shape index (κ2) is 10.6. The van der Waals surface area contributed by atoms with Gasteiger partial charge in [-0.3, -0.25) is 9.59 Å². The number of para-hydroxylation sites is 1. The van der Waals surface area contributed by atoms with Gasteiger partial charge in [-0.1, -0.05) is 37.3 Å². The van der Waals surface area contributed by atoms with Crippen molar-refractivity contribution < 1.29 is 14.3 Å². The van der Waals surface area contributed by atoms with Crippen LogP contribution in [-0.4, -0.2) is 18.0 Å². The molecule has 3 rings (SSSR count). The Kier molecular flexibility index (Phi) is 7.33. The van der Waals surface area contributed by atoms with Crippen LogP contribution in [0.4, 0.5) is 5.69 Å². The molecule has 0 aliphatic heterocycles. The molecule has 0 heterocycles. The van der Waals surface area contributed by atoms with E-state index in [1.165, 1.54) is 0 Å². The van der Waals surface area contributed by atoms with Crippen molar-refractivity contribution in [1.29, 1.82) is 0 Å². The zero-order valence-electron chi connectivity index (χ0n) is 16.7. The third kappa shape index (κ3) is 6.31. The maximum absolute atomic E-state index is 12.2. The van der Waals surface area contributed by atoms with E-state index in [1.807, 2.05) is 61.5 Å². The number of nitrogens with zero attached hydrogens (tertiary/aromatic N) is 1. The van der Waals surface area contributed by atoms with Gasteiger partial charge in [-0.25, -0.2) is 5.43 Å². The van der Waals surface area contributed by atoms with Crippen LogP contribution in [0.5, 0.6) is 11.5 Å². The van der Waals surface area contributed by atoms with Crippen LogP contribution in [0.15, 0.2) is 84.0 Å². The summed E-state index contributed by atoms with van der Waals surface area (Å²) < 4.78 is 5.79. The average Bonchev–Trinajstić information content (AvgIpc) is 2.75. The molecule has 0 saturated heterocycles. The Balaban J connectivity index is 1.55. The molecule has 152 valence electrons. The number of rotatable bonds is 8. The highest BCUT2D eigenvalue weighted by atomic mass is 16.5. The summed E-state index contributed by atoms with van der Waals surface area (Å²) in [7, 11) is 0. The lowest BCUT2D eigenvalue weighted by atomic mass is 10.2. The van der Waals surface area contributed by atoms with E-state index in [2.05, 4.69) is 15.8 Å². The number of amides is 2. The van der Waals surface area contributed by atoms with E-state index in [0.29, 0.717) is 23.4 Å². The Bertz CT molecular complexity index is 1020. The fraction of sp³-hybridized carbons (Fsp3) is 0.125. The molecule has 2 N–H and O–H groups in total. The fourth-order valence-corrected chi connectivity index (χ4v) is 2.67. The van der Waals surface area contributed by atoms with Gasteiger partial charge in [-0.2, -0.15) is 5.10 Å². The van der Waals surface area contributed by atoms with Crippen molar-refractivity contribution in [2.75, 3.05) is 5.32 Å². The van der Waals surface area contributed by atoms with Gasteiger partial charge in [0.15, 0.2) is 0 Å². The van der Waals surface area contributed by atoms with Gasteiger partial charge in [0.25, 0.3) is 5.91 Å². The van der Waals surface area contributed by atoms with Crippen molar-refractivity contribution in [1.82, 2.24) is 5.43 Å². The lowest BCUT2D eigenvalue weighted by Crippen LogP contribution is -2.17. The second-order valence-corrected chi connectivity index (χ2v) is 6.56. The minimum absolute atomic E-state index is 0.0437. The van der Waals surface area contributed by atoms with Crippen LogP contribution >= 0.6 is 0 Å². The zero-order chi connectivity index (χ0) is 21.2. The summed E-state index contributed by atoms with van der Waals surface area (Å²) in [5.41, 5.74) is 4.39. The minimum Gasteiger partial charge on any atom is -0.457 e. The Hall–Kier alpha value is -3.93. The number of hydrogen-bond donors (Lipinski definition) is 2. The van der Waals surface area contributed by atoms with Gasteiger partial charge in [0.2, 0.25) is 5.91 Å². The van der Waals surface area contributed by atoms with Crippen LogP contribution in [-0.2, 0) is 4.79 Å². The summed E-state index contributed by atoms with van der Waals surface area (Å²) in [4.78, 5) is 23.9. The highest BCUT2D eigenvalue weighted by Crippen LogP contribution is 2.21. The summed E-state index contributed by atoms with van der Waals surface area (Å²) in [6, 6.07) is 23.5. The third-order valence-electron chi connectivity index (χ3n) is 4.12. The van der Waals surface area contributed by atoms with E-state index < -0.39 is 0 Å². The molecular weight excluding hydrogens is 378 g/mol. The first-order valence-corrected chi connectivity index (χ1v) is 9.70. The molecule has 3 aromatic rings. The maximum Gasteiger partial charge on any atom is 0.271 e. The van der Waals surface area contributed by atoms with Crippen LogP contribution in [0.3, 0.4) is 0 Å². The molecule has 3 aromatic carbocycles. The van der Waals surface area contributed by atoms with E-state index in [9.17, 15) is 9.59 Å². The van der Waals surface area contributed by atoms with Gasteiger partial charge in [0.1, 0.15) is 11.5 Å². The van der Waals surface area contributed by atoms with Crippen molar-refractivity contribution in [3.8, 4) is 11.5 Å². The van der Waals surface area contributed by atoms with Gasteiger partial charge in [-0.05, 0) is 60.5 Å². The van der Waals surface area contributed by atoms with Gasteiger partial charge >= 0.3 is 0 Å². The molecule has 0 radical (unpaired) electrons. The fourth-order valence-electron chi connectivity index (χ4n) is 2.67. The number of hydrogen-bond acceptors (Lipinski definition) is 4. The van der Waals surface area contributed by atoms with Gasteiger partial charge in [-0.15, -0.1) is 0 Å². The average molecular weight is 401 g/mol. The van der Waals surface area contributed by atoms with E-state index >= 15 is 0 Å². The van der Waals surface area contributed by atoms with Crippen molar-refractivity contribution in [2.24, 2.45) is 5.10 Å². The van der Waals surface area contributed by atoms with Crippen LogP contribution in [0, 0.1) is 0 Å². The predicted octanol–water partition coefficient (Wildman–Crippen LogP) is 4.98. The molecule has 0 aliphatic rings. The Labute approximate surface area is 175 Å². The molecule has 30 heavy (non-hydrogen) atoms. The summed E-state index contributed by atoms with van der Waals surface area (Å²) in [5.74, 6) is 1.04. The van der Waals surface area contributed by atoms with Crippen LogP contribution in [0.25, 0.3) is 0 Å². The number of ether oxygens (including phenoxy) is 1. The number of carbonyl (C=O) groups excluding carboxylic acids is 2. The molecule has 0 aliphatic carbocycles. The summed E-state index contributed by atoms with van der Waals surface area (Å²) >= 11 is 0. The molecule has 0 saturated carbocycles. The Morgan fingerprint density at radius 2 is 1.67 bits per heavy atom. The van der Waals surface area contributed by atoms with Crippen molar-refractivity contribution in [2.45, 2.75) is 19.8 Å². The monoisotopic (exact) mass is 401 g/mol. The van der Waals surface area contributed by atoms with Crippen LogP contribution in [0.1, 0.15) is 35.7 Å². The first-order valence-electron chi connectivity index (χ1n) is 9.70. The number of nitrogens with one attached hydrogen (secondary N) is 2. The summed E-state index contributed by atoms with van der Waals surface area (Å²) in [6.07, 6.45) is 2.80. The molecule has 0 atom stereocenters. The highest BCUT2D eigenvalue weighted by Gasteiger charge is 2.05. The third-order valence-corrected chi connectivity index (χ3v) is 4.12. The highest BCUT2D eigenvalue weighted by molar-refractivity contribution is 5.96. The molecule has 6 nitrogen and oxygen atoms in total. The molecule has 0 bridgehead atoms. The molecule has 6 heteroatoms. The normalized spacial score (nSPS) is 10.6. The largest absolute Gasteiger partial charge is 0.457 e. The van der Waals surface area contributed by atoms with Gasteiger partial charge < -0.3 is 10.1 Å². The molecule has 0 aromatic heterocycles. The molecule has 0 fully saturated rings. The lowest BCUT2D eigenvalue weighted by Gasteiger charge is -2.06.